The third-order valence-corrected chi connectivity index (χ3v) is 2.86. The second-order valence-corrected chi connectivity index (χ2v) is 4.19. The zero-order valence-corrected chi connectivity index (χ0v) is 10.3. The van der Waals surface area contributed by atoms with Gasteiger partial charge in [-0.15, -0.1) is 0 Å². The van der Waals surface area contributed by atoms with Gasteiger partial charge in [0.2, 0.25) is 0 Å². The molecule has 2 aromatic rings. The summed E-state index contributed by atoms with van der Waals surface area (Å²) in [6.07, 6.45) is 3.80. The summed E-state index contributed by atoms with van der Waals surface area (Å²) in [7, 11) is 0. The highest BCUT2D eigenvalue weighted by molar-refractivity contribution is 6.32. The third kappa shape index (κ3) is 2.99. The molecule has 1 N–H and O–H groups in total. The molecule has 0 unspecified atom stereocenters. The van der Waals surface area contributed by atoms with Crippen molar-refractivity contribution in [2.75, 3.05) is 0 Å². The molecule has 0 atom stereocenters. The van der Waals surface area contributed by atoms with E-state index in [1.165, 1.54) is 0 Å². The zero-order valence-electron chi connectivity index (χ0n) is 9.51. The SMILES string of the molecule is O=C(O)c1ccc(/C=C/c2ccccc2Cl)cc1. The van der Waals surface area contributed by atoms with Gasteiger partial charge in [0.05, 0.1) is 5.56 Å². The zero-order chi connectivity index (χ0) is 13.0. The van der Waals surface area contributed by atoms with E-state index >= 15 is 0 Å². The molecule has 2 aromatic carbocycles. The standard InChI is InChI=1S/C15H11ClO2/c16-14-4-2-1-3-12(14)8-5-11-6-9-13(10-7-11)15(17)18/h1-10H,(H,17,18)/b8-5+. The molecule has 0 aromatic heterocycles. The van der Waals surface area contributed by atoms with Crippen LogP contribution < -0.4 is 0 Å². The first-order valence-electron chi connectivity index (χ1n) is 5.43. The average molecular weight is 259 g/mol. The fourth-order valence-corrected chi connectivity index (χ4v) is 1.73. The summed E-state index contributed by atoms with van der Waals surface area (Å²) in [5.74, 6) is -0.920. The lowest BCUT2D eigenvalue weighted by Crippen LogP contribution is -1.94. The molecule has 2 rings (SSSR count). The second-order valence-electron chi connectivity index (χ2n) is 3.78. The van der Waals surface area contributed by atoms with Gasteiger partial charge in [-0.1, -0.05) is 54.1 Å². The van der Waals surface area contributed by atoms with Crippen LogP contribution in [-0.2, 0) is 0 Å². The summed E-state index contributed by atoms with van der Waals surface area (Å²) in [4.78, 5) is 10.7. The highest BCUT2D eigenvalue weighted by atomic mass is 35.5. The molecule has 2 nitrogen and oxygen atoms in total. The first kappa shape index (κ1) is 12.4. The molecule has 0 spiro atoms. The van der Waals surface area contributed by atoms with Crippen LogP contribution in [0.1, 0.15) is 21.5 Å². The predicted octanol–water partition coefficient (Wildman–Crippen LogP) is 4.21. The normalized spacial score (nSPS) is 10.7. The fourth-order valence-electron chi connectivity index (χ4n) is 1.53. The van der Waals surface area contributed by atoms with E-state index in [0.717, 1.165) is 11.1 Å². The molecule has 0 heterocycles. The maximum absolute atomic E-state index is 10.7. The molecule has 18 heavy (non-hydrogen) atoms. The van der Waals surface area contributed by atoms with Gasteiger partial charge in [-0.3, -0.25) is 0 Å². The largest absolute Gasteiger partial charge is 0.478 e. The molecule has 0 amide bonds. The van der Waals surface area contributed by atoms with Crippen LogP contribution in [0, 0.1) is 0 Å². The molecule has 0 aliphatic rings. The van der Waals surface area contributed by atoms with Gasteiger partial charge in [0.1, 0.15) is 0 Å². The number of hydrogen-bond acceptors (Lipinski definition) is 1. The maximum Gasteiger partial charge on any atom is 0.335 e. The minimum absolute atomic E-state index is 0.282. The number of aromatic carboxylic acids is 1. The first-order valence-corrected chi connectivity index (χ1v) is 5.80. The van der Waals surface area contributed by atoms with E-state index in [4.69, 9.17) is 16.7 Å². The van der Waals surface area contributed by atoms with Gasteiger partial charge in [-0.05, 0) is 29.3 Å². The first-order chi connectivity index (χ1) is 8.66. The van der Waals surface area contributed by atoms with E-state index in [1.54, 1.807) is 24.3 Å². The summed E-state index contributed by atoms with van der Waals surface area (Å²) in [5, 5.41) is 9.48. The number of carbonyl (C=O) groups is 1. The van der Waals surface area contributed by atoms with Crippen LogP contribution in [0.5, 0.6) is 0 Å². The van der Waals surface area contributed by atoms with E-state index in [9.17, 15) is 4.79 Å². The van der Waals surface area contributed by atoms with Crippen molar-refractivity contribution in [1.82, 2.24) is 0 Å². The molecule has 0 aliphatic carbocycles. The summed E-state index contributed by atoms with van der Waals surface area (Å²) < 4.78 is 0. The van der Waals surface area contributed by atoms with Gasteiger partial charge in [-0.2, -0.15) is 0 Å². The van der Waals surface area contributed by atoms with Gasteiger partial charge in [0.25, 0.3) is 0 Å². The highest BCUT2D eigenvalue weighted by Gasteiger charge is 2.00. The summed E-state index contributed by atoms with van der Waals surface area (Å²) in [5.41, 5.74) is 2.14. The molecule has 0 radical (unpaired) electrons. The lowest BCUT2D eigenvalue weighted by Gasteiger charge is -1.98. The van der Waals surface area contributed by atoms with Crippen LogP contribution in [0.3, 0.4) is 0 Å². The van der Waals surface area contributed by atoms with Crippen molar-refractivity contribution < 1.29 is 9.90 Å². The van der Waals surface area contributed by atoms with E-state index in [1.807, 2.05) is 36.4 Å². The van der Waals surface area contributed by atoms with E-state index < -0.39 is 5.97 Å². The van der Waals surface area contributed by atoms with Crippen molar-refractivity contribution in [2.45, 2.75) is 0 Å². The van der Waals surface area contributed by atoms with E-state index in [0.29, 0.717) is 5.02 Å². The molecular weight excluding hydrogens is 248 g/mol. The average Bonchev–Trinajstić information content (AvgIpc) is 2.38. The van der Waals surface area contributed by atoms with Crippen LogP contribution in [0.2, 0.25) is 5.02 Å². The van der Waals surface area contributed by atoms with Crippen molar-refractivity contribution >= 4 is 29.7 Å². The van der Waals surface area contributed by atoms with Crippen molar-refractivity contribution in [3.05, 3.63) is 70.2 Å². The maximum atomic E-state index is 10.7. The Morgan fingerprint density at radius 3 is 2.28 bits per heavy atom. The van der Waals surface area contributed by atoms with Crippen LogP contribution in [0.4, 0.5) is 0 Å². The Morgan fingerprint density at radius 2 is 1.67 bits per heavy atom. The monoisotopic (exact) mass is 258 g/mol. The fraction of sp³-hybridized carbons (Fsp3) is 0. The minimum atomic E-state index is -0.920. The van der Waals surface area contributed by atoms with Crippen molar-refractivity contribution in [3.63, 3.8) is 0 Å². The Kier molecular flexibility index (Phi) is 3.80. The van der Waals surface area contributed by atoms with Gasteiger partial charge in [0, 0.05) is 5.02 Å². The predicted molar refractivity (Wildman–Crippen MR) is 73.8 cm³/mol. The van der Waals surface area contributed by atoms with Crippen molar-refractivity contribution in [2.24, 2.45) is 0 Å². The Morgan fingerprint density at radius 1 is 1.00 bits per heavy atom. The quantitative estimate of drug-likeness (QED) is 0.838. The smallest absolute Gasteiger partial charge is 0.335 e. The van der Waals surface area contributed by atoms with Crippen molar-refractivity contribution in [1.29, 1.82) is 0 Å². The lowest BCUT2D eigenvalue weighted by atomic mass is 10.1. The molecule has 0 saturated carbocycles. The Labute approximate surface area is 110 Å². The third-order valence-electron chi connectivity index (χ3n) is 2.52. The topological polar surface area (TPSA) is 37.3 Å². The molecule has 0 aliphatic heterocycles. The summed E-state index contributed by atoms with van der Waals surface area (Å²) >= 11 is 6.03. The Bertz CT molecular complexity index is 586. The molecule has 3 heteroatoms. The van der Waals surface area contributed by atoms with Gasteiger partial charge < -0.3 is 5.11 Å². The number of carboxylic acids is 1. The Hall–Kier alpha value is -2.06. The van der Waals surface area contributed by atoms with Gasteiger partial charge in [0.15, 0.2) is 0 Å². The van der Waals surface area contributed by atoms with Gasteiger partial charge in [-0.25, -0.2) is 4.79 Å². The van der Waals surface area contributed by atoms with E-state index in [-0.39, 0.29) is 5.56 Å². The number of hydrogen-bond donors (Lipinski definition) is 1. The number of halogens is 1. The van der Waals surface area contributed by atoms with Crippen molar-refractivity contribution in [3.8, 4) is 0 Å². The van der Waals surface area contributed by atoms with Crippen LogP contribution in [-0.4, -0.2) is 11.1 Å². The molecule has 0 saturated heterocycles. The van der Waals surface area contributed by atoms with Crippen LogP contribution in [0.25, 0.3) is 12.2 Å². The lowest BCUT2D eigenvalue weighted by molar-refractivity contribution is 0.0697. The molecule has 0 fully saturated rings. The molecule has 0 bridgehead atoms. The number of carboxylic acid groups (broad SMARTS) is 1. The van der Waals surface area contributed by atoms with Crippen LogP contribution >= 0.6 is 11.6 Å². The highest BCUT2D eigenvalue weighted by Crippen LogP contribution is 2.18. The summed E-state index contributed by atoms with van der Waals surface area (Å²) in [6.45, 7) is 0. The number of rotatable bonds is 3. The number of benzene rings is 2. The summed E-state index contributed by atoms with van der Waals surface area (Å²) in [6, 6.07) is 14.2. The second kappa shape index (κ2) is 5.52. The molecular formula is C15H11ClO2. The Balaban J connectivity index is 2.19. The molecule has 90 valence electrons. The minimum Gasteiger partial charge on any atom is -0.478 e. The van der Waals surface area contributed by atoms with E-state index in [2.05, 4.69) is 0 Å². The van der Waals surface area contributed by atoms with Crippen LogP contribution in [0.15, 0.2) is 48.5 Å². The van der Waals surface area contributed by atoms with Gasteiger partial charge >= 0.3 is 5.97 Å².